The summed E-state index contributed by atoms with van der Waals surface area (Å²) in [6.07, 6.45) is 15.2. The lowest BCUT2D eigenvalue weighted by Gasteiger charge is -2.70. The third kappa shape index (κ3) is 3.86. The lowest BCUT2D eigenvalue weighted by atomic mass is 9.34. The van der Waals surface area contributed by atoms with Gasteiger partial charge in [0, 0.05) is 42.7 Å². The number of nitrogens with one attached hydrogen (secondary N) is 1. The van der Waals surface area contributed by atoms with Gasteiger partial charge in [-0.3, -0.25) is 9.69 Å². The second-order valence-electron chi connectivity index (χ2n) is 16.4. The van der Waals surface area contributed by atoms with Crippen molar-refractivity contribution in [1.82, 2.24) is 10.2 Å². The molecule has 214 valence electrons. The summed E-state index contributed by atoms with van der Waals surface area (Å²) in [4.78, 5) is 15.5. The summed E-state index contributed by atoms with van der Waals surface area (Å²) in [6, 6.07) is 0. The number of nitrogens with zero attached hydrogens (tertiary/aromatic N) is 1. The second-order valence-corrected chi connectivity index (χ2v) is 16.4. The number of ketones is 1. The van der Waals surface area contributed by atoms with Gasteiger partial charge in [0.15, 0.2) is 5.76 Å². The zero-order valence-electron chi connectivity index (χ0n) is 25.9. The van der Waals surface area contributed by atoms with Crippen LogP contribution in [0.25, 0.3) is 0 Å². The van der Waals surface area contributed by atoms with E-state index in [4.69, 9.17) is 0 Å². The Morgan fingerprint density at radius 1 is 0.974 bits per heavy atom. The summed E-state index contributed by atoms with van der Waals surface area (Å²) in [5, 5.41) is 14.1. The molecule has 4 heteroatoms. The molecule has 0 amide bonds. The van der Waals surface area contributed by atoms with Crippen LogP contribution in [0.15, 0.2) is 46.3 Å². The molecule has 39 heavy (non-hydrogen) atoms. The molecule has 5 aliphatic carbocycles. The average molecular weight is 533 g/mol. The van der Waals surface area contributed by atoms with Crippen LogP contribution in [-0.2, 0) is 4.79 Å². The molecule has 0 aromatic rings. The summed E-state index contributed by atoms with van der Waals surface area (Å²) in [5.41, 5.74) is 5.63. The Balaban J connectivity index is 1.36. The van der Waals surface area contributed by atoms with Gasteiger partial charge in [0.25, 0.3) is 0 Å². The van der Waals surface area contributed by atoms with Crippen LogP contribution in [0.3, 0.4) is 0 Å². The van der Waals surface area contributed by atoms with Gasteiger partial charge >= 0.3 is 0 Å². The molecule has 6 aliphatic rings. The number of carbonyl (C=O) groups excluding carboxylic acids is 1. The number of aliphatic hydroxyl groups is 1. The number of hydrogen-bond donors (Lipinski definition) is 2. The molecule has 0 bridgehead atoms. The molecule has 6 rings (SSSR count). The topological polar surface area (TPSA) is 52.6 Å². The van der Waals surface area contributed by atoms with Crippen LogP contribution in [-0.4, -0.2) is 47.5 Å². The quantitative estimate of drug-likeness (QED) is 0.392. The van der Waals surface area contributed by atoms with E-state index in [2.05, 4.69) is 70.8 Å². The Bertz CT molecular complexity index is 1240. The van der Waals surface area contributed by atoms with E-state index in [9.17, 15) is 9.90 Å². The lowest BCUT2D eigenvalue weighted by molar-refractivity contribution is -0.164. The van der Waals surface area contributed by atoms with E-state index in [0.717, 1.165) is 42.8 Å². The van der Waals surface area contributed by atoms with Gasteiger partial charge in [0.2, 0.25) is 5.78 Å². The van der Waals surface area contributed by atoms with Crippen molar-refractivity contribution in [2.75, 3.05) is 26.2 Å². The van der Waals surface area contributed by atoms with Crippen molar-refractivity contribution in [3.8, 4) is 0 Å². The van der Waals surface area contributed by atoms with Crippen LogP contribution in [0.2, 0.25) is 0 Å². The molecule has 0 radical (unpaired) electrons. The highest BCUT2D eigenvalue weighted by Gasteiger charge is 2.66. The normalized spacial score (nSPS) is 45.8. The van der Waals surface area contributed by atoms with Crippen molar-refractivity contribution >= 4 is 5.78 Å². The monoisotopic (exact) mass is 532 g/mol. The summed E-state index contributed by atoms with van der Waals surface area (Å²) in [6.45, 7) is 24.0. The standard InChI is InChI=1S/C35H52N2O2/c1-23-24-9-10-27-33(6,25(24)19-26(38)29(23)39)14-16-35(8)28-20-31(4,22-37-18-17-36-30(2,3)21-37)11-12-32(28,5)13-15-34(27,35)7/h9-10,19,28,36,39H,11-18,20-22H2,1-8H3/t28-,31-,32-,33+,34-,35+/m1/s1. The van der Waals surface area contributed by atoms with Gasteiger partial charge in [-0.15, -0.1) is 0 Å². The first-order valence-corrected chi connectivity index (χ1v) is 15.6. The van der Waals surface area contributed by atoms with Crippen molar-refractivity contribution in [2.24, 2.45) is 33.0 Å². The number of hydrogen-bond acceptors (Lipinski definition) is 4. The van der Waals surface area contributed by atoms with Crippen molar-refractivity contribution in [3.63, 3.8) is 0 Å². The van der Waals surface area contributed by atoms with Crippen molar-refractivity contribution in [1.29, 1.82) is 0 Å². The summed E-state index contributed by atoms with van der Waals surface area (Å²) < 4.78 is 0. The maximum Gasteiger partial charge on any atom is 0.220 e. The van der Waals surface area contributed by atoms with Crippen molar-refractivity contribution in [3.05, 3.63) is 46.3 Å². The number of fused-ring (bicyclic) bond motifs is 7. The van der Waals surface area contributed by atoms with E-state index in [-0.39, 0.29) is 33.3 Å². The first-order valence-electron chi connectivity index (χ1n) is 15.6. The van der Waals surface area contributed by atoms with Crippen LogP contribution in [0.1, 0.15) is 100 Å². The molecule has 6 atom stereocenters. The predicted octanol–water partition coefficient (Wildman–Crippen LogP) is 7.30. The van der Waals surface area contributed by atoms with Crippen molar-refractivity contribution < 1.29 is 9.90 Å². The van der Waals surface area contributed by atoms with E-state index < -0.39 is 0 Å². The third-order valence-corrected chi connectivity index (χ3v) is 13.2. The molecule has 0 aromatic carbocycles. The van der Waals surface area contributed by atoms with E-state index in [0.29, 0.717) is 16.7 Å². The van der Waals surface area contributed by atoms with Crippen LogP contribution < -0.4 is 5.32 Å². The van der Waals surface area contributed by atoms with Gasteiger partial charge in [-0.2, -0.15) is 0 Å². The van der Waals surface area contributed by atoms with Gasteiger partial charge in [0.1, 0.15) is 0 Å². The molecule has 3 saturated carbocycles. The number of aliphatic hydroxyl groups excluding tert-OH is 1. The van der Waals surface area contributed by atoms with E-state index in [1.165, 1.54) is 45.1 Å². The van der Waals surface area contributed by atoms with Gasteiger partial charge < -0.3 is 10.4 Å². The second kappa shape index (κ2) is 8.44. The first kappa shape index (κ1) is 27.5. The largest absolute Gasteiger partial charge is 0.504 e. The SMILES string of the molecule is CC1=C(O)C(=O)C=C2C1=CC=C1[C@@]2(C)CC[C@@]2(C)[C@@H]3C[C@](C)(CN4CCNC(C)(C)C4)CC[C@]3(C)CC[C@]12C. The Labute approximate surface area is 237 Å². The van der Waals surface area contributed by atoms with Gasteiger partial charge in [-0.1, -0.05) is 52.3 Å². The van der Waals surface area contributed by atoms with Crippen LogP contribution in [0, 0.1) is 33.0 Å². The minimum absolute atomic E-state index is 0.0832. The zero-order valence-corrected chi connectivity index (χ0v) is 25.9. The number of rotatable bonds is 2. The van der Waals surface area contributed by atoms with Crippen LogP contribution >= 0.6 is 0 Å². The molecule has 4 nitrogen and oxygen atoms in total. The molecule has 0 spiro atoms. The molecular formula is C35H52N2O2. The first-order chi connectivity index (χ1) is 18.1. The summed E-state index contributed by atoms with van der Waals surface area (Å²) in [7, 11) is 0. The highest BCUT2D eigenvalue weighted by molar-refractivity contribution is 6.06. The molecule has 1 aliphatic heterocycles. The fourth-order valence-corrected chi connectivity index (χ4v) is 10.6. The van der Waals surface area contributed by atoms with E-state index >= 15 is 0 Å². The average Bonchev–Trinajstić information content (AvgIpc) is 2.85. The van der Waals surface area contributed by atoms with Gasteiger partial charge in [-0.05, 0) is 111 Å². The van der Waals surface area contributed by atoms with E-state index in [1.807, 2.05) is 6.92 Å². The minimum atomic E-state index is -0.226. The Morgan fingerprint density at radius 3 is 2.41 bits per heavy atom. The third-order valence-electron chi connectivity index (χ3n) is 13.2. The Kier molecular flexibility index (Phi) is 5.96. The molecular weight excluding hydrogens is 480 g/mol. The molecule has 1 heterocycles. The van der Waals surface area contributed by atoms with E-state index in [1.54, 1.807) is 11.6 Å². The number of piperazine rings is 1. The van der Waals surface area contributed by atoms with Gasteiger partial charge in [-0.25, -0.2) is 0 Å². The smallest absolute Gasteiger partial charge is 0.220 e. The van der Waals surface area contributed by atoms with Gasteiger partial charge in [0.05, 0.1) is 0 Å². The Hall–Kier alpha value is -1.65. The predicted molar refractivity (Wildman–Crippen MR) is 159 cm³/mol. The van der Waals surface area contributed by atoms with Crippen LogP contribution in [0.4, 0.5) is 0 Å². The number of carbonyl (C=O) groups is 1. The molecule has 0 aromatic heterocycles. The Morgan fingerprint density at radius 2 is 1.69 bits per heavy atom. The highest BCUT2D eigenvalue weighted by Crippen LogP contribution is 2.75. The maximum absolute atomic E-state index is 12.8. The molecule has 4 fully saturated rings. The minimum Gasteiger partial charge on any atom is -0.504 e. The zero-order chi connectivity index (χ0) is 28.2. The molecule has 2 N–H and O–H groups in total. The lowest BCUT2D eigenvalue weighted by Crippen LogP contribution is -2.63. The fourth-order valence-electron chi connectivity index (χ4n) is 10.6. The fraction of sp³-hybridized carbons (Fsp3) is 0.743. The highest BCUT2D eigenvalue weighted by atomic mass is 16.3. The summed E-state index contributed by atoms with van der Waals surface area (Å²) >= 11 is 0. The number of allylic oxidation sites excluding steroid dienone is 7. The molecule has 1 saturated heterocycles. The molecule has 0 unspecified atom stereocenters. The van der Waals surface area contributed by atoms with Crippen LogP contribution in [0.5, 0.6) is 0 Å². The van der Waals surface area contributed by atoms with Crippen molar-refractivity contribution in [2.45, 2.75) is 106 Å². The summed E-state index contributed by atoms with van der Waals surface area (Å²) in [5.74, 6) is 0.387. The maximum atomic E-state index is 12.8.